The lowest BCUT2D eigenvalue weighted by Gasteiger charge is -2.14. The van der Waals surface area contributed by atoms with Crippen LogP contribution in [0.3, 0.4) is 0 Å². The first-order valence-corrected chi connectivity index (χ1v) is 6.01. The molecular weight excluding hydrogens is 198 g/mol. The molecule has 1 N–H and O–H groups in total. The van der Waals surface area contributed by atoms with Crippen LogP contribution >= 0.6 is 11.8 Å². The summed E-state index contributed by atoms with van der Waals surface area (Å²) in [5.41, 5.74) is 0. The highest BCUT2D eigenvalue weighted by atomic mass is 32.2. The number of thioether (sulfide) groups is 1. The Morgan fingerprint density at radius 1 is 1.64 bits per heavy atom. The number of nitrogens with one attached hydrogen (secondary N) is 1. The number of tetrazole rings is 1. The van der Waals surface area contributed by atoms with Crippen molar-refractivity contribution in [3.05, 3.63) is 5.82 Å². The van der Waals surface area contributed by atoms with Gasteiger partial charge in [0.1, 0.15) is 0 Å². The van der Waals surface area contributed by atoms with Crippen molar-refractivity contribution in [1.29, 1.82) is 0 Å². The molecule has 0 aliphatic carbocycles. The zero-order chi connectivity index (χ0) is 9.97. The maximum Gasteiger partial charge on any atom is 0.168 e. The topological polar surface area (TPSA) is 55.6 Å². The van der Waals surface area contributed by atoms with Gasteiger partial charge in [0.15, 0.2) is 5.82 Å². The molecule has 0 radical (unpaired) electrons. The summed E-state index contributed by atoms with van der Waals surface area (Å²) in [6.07, 6.45) is 1.18. The van der Waals surface area contributed by atoms with Crippen molar-refractivity contribution < 1.29 is 0 Å². The number of hydrogen-bond donors (Lipinski definition) is 1. The molecule has 78 valence electrons. The van der Waals surface area contributed by atoms with Crippen LogP contribution in [0.4, 0.5) is 0 Å². The molecule has 1 fully saturated rings. The molecule has 1 aliphatic rings. The van der Waals surface area contributed by atoms with Gasteiger partial charge in [-0.25, -0.2) is 4.68 Å². The van der Waals surface area contributed by atoms with Crippen LogP contribution in [-0.4, -0.2) is 38.8 Å². The highest BCUT2D eigenvalue weighted by Crippen LogP contribution is 2.28. The normalized spacial score (nSPS) is 24.0. The van der Waals surface area contributed by atoms with Gasteiger partial charge in [-0.15, -0.1) is 5.10 Å². The number of hydrogen-bond acceptors (Lipinski definition) is 5. The lowest BCUT2D eigenvalue weighted by atomic mass is 10.2. The quantitative estimate of drug-likeness (QED) is 0.798. The van der Waals surface area contributed by atoms with Crippen LogP contribution in [0.1, 0.15) is 31.3 Å². The second-order valence-corrected chi connectivity index (χ2v) is 4.66. The zero-order valence-corrected chi connectivity index (χ0v) is 9.29. The molecule has 1 saturated heterocycles. The second-order valence-electron chi connectivity index (χ2n) is 3.51. The molecule has 1 aliphatic heterocycles. The van der Waals surface area contributed by atoms with E-state index in [2.05, 4.69) is 27.8 Å². The van der Waals surface area contributed by atoms with Crippen LogP contribution in [0.2, 0.25) is 0 Å². The molecule has 0 amide bonds. The van der Waals surface area contributed by atoms with Gasteiger partial charge in [0.05, 0.1) is 12.1 Å². The number of nitrogens with zero attached hydrogens (tertiary/aromatic N) is 4. The standard InChI is InChI=1S/C8H15N5S/c1-6(9-2)8-10-11-12-13(8)7-3-4-14-5-7/h6-7,9H,3-5H2,1-2H3. The molecule has 2 heterocycles. The number of aromatic nitrogens is 4. The van der Waals surface area contributed by atoms with Crippen LogP contribution in [0, 0.1) is 0 Å². The summed E-state index contributed by atoms with van der Waals surface area (Å²) in [5, 5.41) is 15.0. The highest BCUT2D eigenvalue weighted by Gasteiger charge is 2.23. The average Bonchev–Trinajstić information content (AvgIpc) is 2.85. The van der Waals surface area contributed by atoms with E-state index < -0.39 is 0 Å². The van der Waals surface area contributed by atoms with Gasteiger partial charge in [-0.2, -0.15) is 11.8 Å². The van der Waals surface area contributed by atoms with Crippen molar-refractivity contribution >= 4 is 11.8 Å². The number of rotatable bonds is 3. The first-order valence-electron chi connectivity index (χ1n) is 4.85. The third kappa shape index (κ3) is 1.76. The maximum absolute atomic E-state index is 4.07. The second kappa shape index (κ2) is 4.27. The van der Waals surface area contributed by atoms with Crippen molar-refractivity contribution in [2.75, 3.05) is 18.6 Å². The molecule has 6 heteroatoms. The summed E-state index contributed by atoms with van der Waals surface area (Å²) in [4.78, 5) is 0. The van der Waals surface area contributed by atoms with Gasteiger partial charge in [0, 0.05) is 5.75 Å². The van der Waals surface area contributed by atoms with Gasteiger partial charge in [-0.05, 0) is 36.6 Å². The molecule has 1 aromatic rings. The van der Waals surface area contributed by atoms with Gasteiger partial charge in [0.2, 0.25) is 0 Å². The third-order valence-electron chi connectivity index (χ3n) is 2.59. The van der Waals surface area contributed by atoms with Crippen LogP contribution in [0.25, 0.3) is 0 Å². The molecule has 1 aromatic heterocycles. The fourth-order valence-corrected chi connectivity index (χ4v) is 2.78. The van der Waals surface area contributed by atoms with Crippen molar-refractivity contribution in [3.8, 4) is 0 Å². The molecule has 0 spiro atoms. The van der Waals surface area contributed by atoms with Gasteiger partial charge >= 0.3 is 0 Å². The fraction of sp³-hybridized carbons (Fsp3) is 0.875. The first-order chi connectivity index (χ1) is 6.83. The third-order valence-corrected chi connectivity index (χ3v) is 3.73. The zero-order valence-electron chi connectivity index (χ0n) is 8.47. The molecule has 0 bridgehead atoms. The summed E-state index contributed by atoms with van der Waals surface area (Å²) in [5.74, 6) is 3.30. The summed E-state index contributed by atoms with van der Waals surface area (Å²) in [6.45, 7) is 2.07. The van der Waals surface area contributed by atoms with Crippen LogP contribution in [0.5, 0.6) is 0 Å². The molecule has 2 unspecified atom stereocenters. The minimum atomic E-state index is 0.218. The van der Waals surface area contributed by atoms with Crippen LogP contribution in [-0.2, 0) is 0 Å². The van der Waals surface area contributed by atoms with Crippen molar-refractivity contribution in [2.45, 2.75) is 25.4 Å². The minimum Gasteiger partial charge on any atom is -0.311 e. The van der Waals surface area contributed by atoms with Crippen molar-refractivity contribution in [2.24, 2.45) is 0 Å². The largest absolute Gasteiger partial charge is 0.311 e. The van der Waals surface area contributed by atoms with E-state index in [-0.39, 0.29) is 6.04 Å². The van der Waals surface area contributed by atoms with E-state index in [1.807, 2.05) is 23.5 Å². The monoisotopic (exact) mass is 213 g/mol. The summed E-state index contributed by atoms with van der Waals surface area (Å²) < 4.78 is 1.97. The van der Waals surface area contributed by atoms with E-state index >= 15 is 0 Å². The molecule has 5 nitrogen and oxygen atoms in total. The van der Waals surface area contributed by atoms with Crippen LogP contribution < -0.4 is 5.32 Å². The lowest BCUT2D eigenvalue weighted by Crippen LogP contribution is -2.21. The van der Waals surface area contributed by atoms with Gasteiger partial charge in [-0.1, -0.05) is 0 Å². The van der Waals surface area contributed by atoms with Gasteiger partial charge in [-0.3, -0.25) is 0 Å². The molecule has 2 rings (SSSR count). The molecule has 0 aromatic carbocycles. The maximum atomic E-state index is 4.07. The highest BCUT2D eigenvalue weighted by molar-refractivity contribution is 7.99. The van der Waals surface area contributed by atoms with E-state index in [9.17, 15) is 0 Å². The Balaban J connectivity index is 2.19. The predicted molar refractivity (Wildman–Crippen MR) is 56.3 cm³/mol. The average molecular weight is 213 g/mol. The summed E-state index contributed by atoms with van der Waals surface area (Å²) in [7, 11) is 1.92. The lowest BCUT2D eigenvalue weighted by molar-refractivity contribution is 0.443. The predicted octanol–water partition coefficient (Wildman–Crippen LogP) is 0.631. The summed E-state index contributed by atoms with van der Waals surface area (Å²) >= 11 is 1.97. The fourth-order valence-electron chi connectivity index (χ4n) is 1.59. The Bertz CT molecular complexity index is 294. The Labute approximate surface area is 87.6 Å². The SMILES string of the molecule is CNC(C)c1nnnn1C1CCSC1. The summed E-state index contributed by atoms with van der Waals surface area (Å²) in [6, 6.07) is 0.705. The van der Waals surface area contributed by atoms with E-state index in [1.54, 1.807) is 0 Å². The van der Waals surface area contributed by atoms with Crippen molar-refractivity contribution in [3.63, 3.8) is 0 Å². The van der Waals surface area contributed by atoms with Crippen LogP contribution in [0.15, 0.2) is 0 Å². The molecular formula is C8H15N5S. The Hall–Kier alpha value is -0.620. The Morgan fingerprint density at radius 3 is 3.14 bits per heavy atom. The minimum absolute atomic E-state index is 0.218. The molecule has 0 saturated carbocycles. The Kier molecular flexibility index (Phi) is 3.02. The molecule has 2 atom stereocenters. The van der Waals surface area contributed by atoms with E-state index in [1.165, 1.54) is 12.2 Å². The van der Waals surface area contributed by atoms with Gasteiger partial charge < -0.3 is 5.32 Å². The van der Waals surface area contributed by atoms with E-state index in [0.29, 0.717) is 6.04 Å². The first kappa shape index (κ1) is 9.92. The Morgan fingerprint density at radius 2 is 2.50 bits per heavy atom. The van der Waals surface area contributed by atoms with E-state index in [4.69, 9.17) is 0 Å². The smallest absolute Gasteiger partial charge is 0.168 e. The van der Waals surface area contributed by atoms with E-state index in [0.717, 1.165) is 11.6 Å². The van der Waals surface area contributed by atoms with Gasteiger partial charge in [0.25, 0.3) is 0 Å². The van der Waals surface area contributed by atoms with Crippen molar-refractivity contribution in [1.82, 2.24) is 25.5 Å². The molecule has 14 heavy (non-hydrogen) atoms.